The standard InChI is InChI=1S/C34H29F3N6O3/c1-20-14-21(10-12-25(20)26-7-3-4-8-27(26)34(35,36)37)33(46)43-18-24-11-13-30(42(24)17-22-6-2-5-9-29(22)43)32(45)41-28(31(38)44)15-23-16-39-19-40-23/h2-14,16,19,28H,15,17-18H2,1H3,(H2,38,44)(H,39,40)(H,41,45)/t28-/m0/s1. The van der Waals surface area contributed by atoms with Crippen LogP contribution in [0.4, 0.5) is 18.9 Å². The maximum absolute atomic E-state index is 14.1. The molecule has 12 heteroatoms. The number of aromatic nitrogens is 3. The fraction of sp³-hybridized carbons (Fsp3) is 0.176. The van der Waals surface area contributed by atoms with E-state index >= 15 is 0 Å². The largest absolute Gasteiger partial charge is 0.417 e. The molecule has 0 radical (unpaired) electrons. The van der Waals surface area contributed by atoms with Crippen LogP contribution in [0.25, 0.3) is 11.1 Å². The molecule has 3 heterocycles. The average Bonchev–Trinajstić information content (AvgIpc) is 3.65. The molecule has 0 spiro atoms. The number of halogens is 3. The molecule has 5 aromatic rings. The summed E-state index contributed by atoms with van der Waals surface area (Å²) in [7, 11) is 0. The molecule has 46 heavy (non-hydrogen) atoms. The number of aromatic amines is 1. The first-order valence-electron chi connectivity index (χ1n) is 14.4. The van der Waals surface area contributed by atoms with Crippen molar-refractivity contribution in [2.75, 3.05) is 4.90 Å². The Hall–Kier alpha value is -5.65. The highest BCUT2D eigenvalue weighted by molar-refractivity contribution is 6.07. The lowest BCUT2D eigenvalue weighted by Gasteiger charge is -2.23. The third-order valence-electron chi connectivity index (χ3n) is 8.10. The van der Waals surface area contributed by atoms with E-state index in [1.807, 2.05) is 24.3 Å². The molecule has 4 N–H and O–H groups in total. The molecule has 0 fully saturated rings. The Bertz CT molecular complexity index is 1950. The summed E-state index contributed by atoms with van der Waals surface area (Å²) in [4.78, 5) is 48.1. The second kappa shape index (κ2) is 12.0. The highest BCUT2D eigenvalue weighted by Crippen LogP contribution is 2.38. The number of primary amides is 1. The van der Waals surface area contributed by atoms with E-state index in [4.69, 9.17) is 5.73 Å². The number of carbonyl (C=O) groups is 3. The van der Waals surface area contributed by atoms with Gasteiger partial charge in [0.15, 0.2) is 0 Å². The molecular formula is C34H29F3N6O3. The summed E-state index contributed by atoms with van der Waals surface area (Å²) in [6.07, 6.45) is -1.38. The Labute approximate surface area is 261 Å². The quantitative estimate of drug-likeness (QED) is 0.228. The molecule has 0 saturated heterocycles. The minimum absolute atomic E-state index is 0.0402. The van der Waals surface area contributed by atoms with Gasteiger partial charge in [-0.2, -0.15) is 13.2 Å². The Morgan fingerprint density at radius 2 is 1.74 bits per heavy atom. The molecule has 9 nitrogen and oxygen atoms in total. The van der Waals surface area contributed by atoms with Crippen LogP contribution in [-0.2, 0) is 30.5 Å². The van der Waals surface area contributed by atoms with E-state index in [2.05, 4.69) is 15.3 Å². The summed E-state index contributed by atoms with van der Waals surface area (Å²) >= 11 is 0. The number of hydrogen-bond acceptors (Lipinski definition) is 4. The fourth-order valence-electron chi connectivity index (χ4n) is 5.83. The topological polar surface area (TPSA) is 126 Å². The van der Waals surface area contributed by atoms with Gasteiger partial charge in [0.1, 0.15) is 11.7 Å². The van der Waals surface area contributed by atoms with Crippen LogP contribution in [-0.4, -0.2) is 38.3 Å². The monoisotopic (exact) mass is 626 g/mol. The fourth-order valence-corrected chi connectivity index (χ4v) is 5.83. The maximum Gasteiger partial charge on any atom is 0.417 e. The van der Waals surface area contributed by atoms with Gasteiger partial charge in [0.05, 0.1) is 25.0 Å². The predicted molar refractivity (Wildman–Crippen MR) is 165 cm³/mol. The number of aryl methyl sites for hydroxylation is 1. The van der Waals surface area contributed by atoms with E-state index in [1.165, 1.54) is 24.5 Å². The number of H-pyrrole nitrogens is 1. The number of anilines is 1. The molecule has 1 aliphatic rings. The highest BCUT2D eigenvalue weighted by atomic mass is 19.4. The van der Waals surface area contributed by atoms with Gasteiger partial charge in [-0.05, 0) is 65.6 Å². The molecular weight excluding hydrogens is 597 g/mol. The highest BCUT2D eigenvalue weighted by Gasteiger charge is 2.34. The smallest absolute Gasteiger partial charge is 0.368 e. The number of alkyl halides is 3. The molecule has 2 aromatic heterocycles. The zero-order chi connectivity index (χ0) is 32.6. The molecule has 234 valence electrons. The van der Waals surface area contributed by atoms with Crippen LogP contribution >= 0.6 is 0 Å². The lowest BCUT2D eigenvalue weighted by atomic mass is 9.94. The van der Waals surface area contributed by atoms with Crippen molar-refractivity contribution in [3.05, 3.63) is 131 Å². The molecule has 1 atom stereocenters. The zero-order valence-corrected chi connectivity index (χ0v) is 24.6. The molecule has 1 aliphatic heterocycles. The van der Waals surface area contributed by atoms with Crippen LogP contribution in [0.3, 0.4) is 0 Å². The van der Waals surface area contributed by atoms with Crippen LogP contribution in [0.5, 0.6) is 0 Å². The minimum Gasteiger partial charge on any atom is -0.368 e. The van der Waals surface area contributed by atoms with Gasteiger partial charge in [-0.25, -0.2) is 4.98 Å². The molecule has 3 aromatic carbocycles. The van der Waals surface area contributed by atoms with Crippen LogP contribution in [0.1, 0.15) is 48.9 Å². The van der Waals surface area contributed by atoms with Crippen molar-refractivity contribution in [3.63, 3.8) is 0 Å². The van der Waals surface area contributed by atoms with Crippen molar-refractivity contribution in [3.8, 4) is 11.1 Å². The first kappa shape index (κ1) is 30.4. The molecule has 0 saturated carbocycles. The summed E-state index contributed by atoms with van der Waals surface area (Å²) < 4.78 is 43.0. The normalized spacial score (nSPS) is 13.3. The van der Waals surface area contributed by atoms with Gasteiger partial charge in [0, 0.05) is 35.3 Å². The van der Waals surface area contributed by atoms with Gasteiger partial charge >= 0.3 is 6.18 Å². The van der Waals surface area contributed by atoms with Crippen molar-refractivity contribution in [1.29, 1.82) is 0 Å². The number of nitrogens with zero attached hydrogens (tertiary/aromatic N) is 3. The number of fused-ring (bicyclic) bond motifs is 2. The Morgan fingerprint density at radius 3 is 2.46 bits per heavy atom. The number of hydrogen-bond donors (Lipinski definition) is 3. The van der Waals surface area contributed by atoms with E-state index in [-0.39, 0.29) is 31.0 Å². The Morgan fingerprint density at radius 1 is 0.978 bits per heavy atom. The van der Waals surface area contributed by atoms with Gasteiger partial charge in [0.2, 0.25) is 5.91 Å². The second-order valence-electron chi connectivity index (χ2n) is 11.1. The lowest BCUT2D eigenvalue weighted by molar-refractivity contribution is -0.137. The van der Waals surface area contributed by atoms with Gasteiger partial charge < -0.3 is 25.5 Å². The first-order chi connectivity index (χ1) is 22.0. The molecule has 0 unspecified atom stereocenters. The summed E-state index contributed by atoms with van der Waals surface area (Å²) in [6, 6.07) is 19.7. The summed E-state index contributed by atoms with van der Waals surface area (Å²) in [5.74, 6) is -1.55. The number of benzene rings is 3. The van der Waals surface area contributed by atoms with Crippen molar-refractivity contribution in [2.24, 2.45) is 5.73 Å². The summed E-state index contributed by atoms with van der Waals surface area (Å²) in [5, 5.41) is 2.72. The van der Waals surface area contributed by atoms with Gasteiger partial charge in [-0.3, -0.25) is 14.4 Å². The van der Waals surface area contributed by atoms with E-state index in [9.17, 15) is 27.6 Å². The van der Waals surface area contributed by atoms with E-state index in [1.54, 1.807) is 52.9 Å². The van der Waals surface area contributed by atoms with E-state index in [0.29, 0.717) is 39.5 Å². The average molecular weight is 627 g/mol. The first-order valence-corrected chi connectivity index (χ1v) is 14.4. The predicted octanol–water partition coefficient (Wildman–Crippen LogP) is 5.24. The number of para-hydroxylation sites is 1. The van der Waals surface area contributed by atoms with Crippen molar-refractivity contribution < 1.29 is 27.6 Å². The number of carbonyl (C=O) groups excluding carboxylic acids is 3. The van der Waals surface area contributed by atoms with Crippen LogP contribution in [0.15, 0.2) is 91.4 Å². The lowest BCUT2D eigenvalue weighted by Crippen LogP contribution is -2.46. The molecule has 3 amide bonds. The number of nitrogens with two attached hydrogens (primary N) is 1. The number of imidazole rings is 1. The summed E-state index contributed by atoms with van der Waals surface area (Å²) in [6.45, 7) is 2.07. The minimum atomic E-state index is -4.53. The number of amides is 3. The van der Waals surface area contributed by atoms with Crippen LogP contribution in [0.2, 0.25) is 0 Å². The SMILES string of the molecule is Cc1cc(C(=O)N2Cc3ccc(C(=O)N[C@@H](Cc4cnc[nH]4)C(N)=O)n3Cc3ccccc32)ccc1-c1ccccc1C(F)(F)F. The Kier molecular flexibility index (Phi) is 7.95. The Balaban J connectivity index is 1.30. The molecule has 0 aliphatic carbocycles. The zero-order valence-electron chi connectivity index (χ0n) is 24.6. The maximum atomic E-state index is 14.1. The van der Waals surface area contributed by atoms with Crippen LogP contribution < -0.4 is 16.0 Å². The summed E-state index contributed by atoms with van der Waals surface area (Å²) in [5.41, 5.74) is 9.09. The number of rotatable bonds is 7. The van der Waals surface area contributed by atoms with Crippen molar-refractivity contribution in [1.82, 2.24) is 19.9 Å². The van der Waals surface area contributed by atoms with Crippen molar-refractivity contribution in [2.45, 2.75) is 38.7 Å². The molecule has 6 rings (SSSR count). The van der Waals surface area contributed by atoms with Gasteiger partial charge in [-0.15, -0.1) is 0 Å². The van der Waals surface area contributed by atoms with Crippen molar-refractivity contribution >= 4 is 23.4 Å². The number of nitrogens with one attached hydrogen (secondary N) is 2. The van der Waals surface area contributed by atoms with E-state index < -0.39 is 29.6 Å². The third kappa shape index (κ3) is 5.88. The van der Waals surface area contributed by atoms with Gasteiger partial charge in [0.25, 0.3) is 11.8 Å². The molecule has 0 bridgehead atoms. The third-order valence-corrected chi connectivity index (χ3v) is 8.10. The van der Waals surface area contributed by atoms with Crippen LogP contribution in [0, 0.1) is 6.92 Å². The van der Waals surface area contributed by atoms with E-state index in [0.717, 1.165) is 11.6 Å². The second-order valence-corrected chi connectivity index (χ2v) is 11.1. The van der Waals surface area contributed by atoms with Gasteiger partial charge in [-0.1, -0.05) is 42.5 Å².